The summed E-state index contributed by atoms with van der Waals surface area (Å²) in [6.07, 6.45) is 0.0295. The Labute approximate surface area is 101 Å². The molecule has 0 aliphatic carbocycles. The zero-order chi connectivity index (χ0) is 12.8. The summed E-state index contributed by atoms with van der Waals surface area (Å²) in [5, 5.41) is 2.78. The number of carbonyl (C=O) groups excluding carboxylic acids is 1. The minimum atomic E-state index is -0.282. The molecule has 0 spiro atoms. The van der Waals surface area contributed by atoms with E-state index >= 15 is 0 Å². The van der Waals surface area contributed by atoms with Gasteiger partial charge < -0.3 is 10.1 Å². The summed E-state index contributed by atoms with van der Waals surface area (Å²) in [7, 11) is 0. The van der Waals surface area contributed by atoms with Crippen LogP contribution < -0.4 is 5.32 Å². The normalized spacial score (nSPS) is 12.5. The van der Waals surface area contributed by atoms with Crippen LogP contribution in [0.15, 0.2) is 24.3 Å². The molecule has 0 aromatic heterocycles. The minimum absolute atomic E-state index is 0.0295. The van der Waals surface area contributed by atoms with Crippen molar-refractivity contribution in [1.82, 2.24) is 5.32 Å². The lowest BCUT2D eigenvalue weighted by Crippen LogP contribution is -2.31. The van der Waals surface area contributed by atoms with Crippen LogP contribution in [-0.4, -0.2) is 18.6 Å². The Morgan fingerprint density at radius 1 is 1.29 bits per heavy atom. The summed E-state index contributed by atoms with van der Waals surface area (Å²) in [5.74, 6) is -0.453. The highest BCUT2D eigenvalue weighted by atomic mass is 19.1. The first kappa shape index (κ1) is 13.6. The summed E-state index contributed by atoms with van der Waals surface area (Å²) in [5.41, 5.74) is 0.865. The highest BCUT2D eigenvalue weighted by Gasteiger charge is 2.10. The molecule has 1 rings (SSSR count). The molecule has 17 heavy (non-hydrogen) atoms. The molecule has 1 aromatic carbocycles. The van der Waals surface area contributed by atoms with E-state index in [2.05, 4.69) is 5.32 Å². The minimum Gasteiger partial charge on any atom is -0.369 e. The third-order valence-corrected chi connectivity index (χ3v) is 2.30. The van der Waals surface area contributed by atoms with Crippen molar-refractivity contribution in [3.05, 3.63) is 35.6 Å². The van der Waals surface area contributed by atoms with E-state index in [1.807, 2.05) is 20.8 Å². The Morgan fingerprint density at radius 2 is 1.88 bits per heavy atom. The lowest BCUT2D eigenvalue weighted by atomic mass is 10.1. The van der Waals surface area contributed by atoms with Crippen LogP contribution in [0.2, 0.25) is 0 Å². The Morgan fingerprint density at radius 3 is 2.41 bits per heavy atom. The van der Waals surface area contributed by atoms with Gasteiger partial charge in [-0.2, -0.15) is 0 Å². The van der Waals surface area contributed by atoms with Crippen molar-refractivity contribution < 1.29 is 13.9 Å². The summed E-state index contributed by atoms with van der Waals surface area (Å²) >= 11 is 0. The maximum atomic E-state index is 12.7. The topological polar surface area (TPSA) is 38.3 Å². The van der Waals surface area contributed by atoms with E-state index in [1.165, 1.54) is 12.1 Å². The van der Waals surface area contributed by atoms with Gasteiger partial charge in [0.1, 0.15) is 12.4 Å². The molecular formula is C13H18FNO2. The number of hydrogen-bond acceptors (Lipinski definition) is 2. The highest BCUT2D eigenvalue weighted by molar-refractivity contribution is 5.77. The van der Waals surface area contributed by atoms with Gasteiger partial charge in [0, 0.05) is 0 Å². The Kier molecular flexibility index (Phi) is 5.10. The standard InChI is InChI=1S/C13H18FNO2/c1-9(2)17-8-13(16)15-10(3)11-4-6-12(14)7-5-11/h4-7,9-10H,8H2,1-3H3,(H,15,16). The maximum absolute atomic E-state index is 12.7. The number of halogens is 1. The molecule has 1 amide bonds. The van der Waals surface area contributed by atoms with Crippen molar-refractivity contribution >= 4 is 5.91 Å². The summed E-state index contributed by atoms with van der Waals surface area (Å²) in [6.45, 7) is 5.64. The molecule has 0 aliphatic rings. The van der Waals surface area contributed by atoms with Crippen LogP contribution >= 0.6 is 0 Å². The zero-order valence-corrected chi connectivity index (χ0v) is 10.4. The SMILES string of the molecule is CC(C)OCC(=O)NC(C)c1ccc(F)cc1. The van der Waals surface area contributed by atoms with Crippen LogP contribution in [0.25, 0.3) is 0 Å². The predicted molar refractivity (Wildman–Crippen MR) is 64.0 cm³/mol. The molecule has 0 radical (unpaired) electrons. The molecule has 1 aromatic rings. The van der Waals surface area contributed by atoms with Gasteiger partial charge in [-0.3, -0.25) is 4.79 Å². The van der Waals surface area contributed by atoms with Crippen molar-refractivity contribution in [3.63, 3.8) is 0 Å². The molecular weight excluding hydrogens is 221 g/mol. The Balaban J connectivity index is 2.46. The molecule has 0 heterocycles. The molecule has 0 aliphatic heterocycles. The lowest BCUT2D eigenvalue weighted by molar-refractivity contribution is -0.127. The van der Waals surface area contributed by atoms with E-state index in [-0.39, 0.29) is 30.5 Å². The van der Waals surface area contributed by atoms with Crippen LogP contribution in [0.5, 0.6) is 0 Å². The lowest BCUT2D eigenvalue weighted by Gasteiger charge is -2.15. The number of amides is 1. The Hall–Kier alpha value is -1.42. The average molecular weight is 239 g/mol. The van der Waals surface area contributed by atoms with Crippen LogP contribution in [0, 0.1) is 5.82 Å². The smallest absolute Gasteiger partial charge is 0.246 e. The summed E-state index contributed by atoms with van der Waals surface area (Å²) in [4.78, 5) is 11.5. The van der Waals surface area contributed by atoms with E-state index in [9.17, 15) is 9.18 Å². The molecule has 3 nitrogen and oxygen atoms in total. The van der Waals surface area contributed by atoms with Gasteiger partial charge in [0.15, 0.2) is 0 Å². The van der Waals surface area contributed by atoms with E-state index in [4.69, 9.17) is 4.74 Å². The van der Waals surface area contributed by atoms with Gasteiger partial charge in [0.2, 0.25) is 5.91 Å². The fraction of sp³-hybridized carbons (Fsp3) is 0.462. The van der Waals surface area contributed by atoms with Gasteiger partial charge in [-0.15, -0.1) is 0 Å². The van der Waals surface area contributed by atoms with E-state index in [1.54, 1.807) is 12.1 Å². The van der Waals surface area contributed by atoms with Gasteiger partial charge in [0.25, 0.3) is 0 Å². The Bertz CT molecular complexity index is 362. The molecule has 94 valence electrons. The van der Waals surface area contributed by atoms with E-state index in [0.717, 1.165) is 5.56 Å². The predicted octanol–water partition coefficient (Wildman–Crippen LogP) is 2.43. The van der Waals surface area contributed by atoms with Crippen molar-refractivity contribution in [3.8, 4) is 0 Å². The van der Waals surface area contributed by atoms with Gasteiger partial charge >= 0.3 is 0 Å². The number of ether oxygens (including phenoxy) is 1. The van der Waals surface area contributed by atoms with Crippen molar-refractivity contribution in [2.24, 2.45) is 0 Å². The first-order chi connectivity index (χ1) is 7.99. The van der Waals surface area contributed by atoms with Gasteiger partial charge in [-0.1, -0.05) is 12.1 Å². The fourth-order valence-electron chi connectivity index (χ4n) is 1.36. The molecule has 1 unspecified atom stereocenters. The molecule has 4 heteroatoms. The second-order valence-corrected chi connectivity index (χ2v) is 4.20. The fourth-order valence-corrected chi connectivity index (χ4v) is 1.36. The second-order valence-electron chi connectivity index (χ2n) is 4.20. The molecule has 0 saturated heterocycles. The van der Waals surface area contributed by atoms with Crippen molar-refractivity contribution in [2.45, 2.75) is 32.9 Å². The molecule has 1 N–H and O–H groups in total. The zero-order valence-electron chi connectivity index (χ0n) is 10.4. The van der Waals surface area contributed by atoms with Crippen LogP contribution in [0.4, 0.5) is 4.39 Å². The highest BCUT2D eigenvalue weighted by Crippen LogP contribution is 2.12. The third kappa shape index (κ3) is 4.95. The van der Waals surface area contributed by atoms with Crippen LogP contribution in [0.1, 0.15) is 32.4 Å². The van der Waals surface area contributed by atoms with Gasteiger partial charge in [-0.05, 0) is 38.5 Å². The number of hydrogen-bond donors (Lipinski definition) is 1. The first-order valence-corrected chi connectivity index (χ1v) is 5.65. The molecule has 0 fully saturated rings. The van der Waals surface area contributed by atoms with Gasteiger partial charge in [-0.25, -0.2) is 4.39 Å². The number of carbonyl (C=O) groups is 1. The molecule has 1 atom stereocenters. The van der Waals surface area contributed by atoms with E-state index in [0.29, 0.717) is 0 Å². The number of benzene rings is 1. The quantitative estimate of drug-likeness (QED) is 0.857. The first-order valence-electron chi connectivity index (χ1n) is 5.65. The molecule has 0 bridgehead atoms. The monoisotopic (exact) mass is 239 g/mol. The van der Waals surface area contributed by atoms with Crippen LogP contribution in [0.3, 0.4) is 0 Å². The third-order valence-electron chi connectivity index (χ3n) is 2.30. The maximum Gasteiger partial charge on any atom is 0.246 e. The van der Waals surface area contributed by atoms with Gasteiger partial charge in [0.05, 0.1) is 12.1 Å². The van der Waals surface area contributed by atoms with Crippen molar-refractivity contribution in [2.75, 3.05) is 6.61 Å². The van der Waals surface area contributed by atoms with Crippen LogP contribution in [-0.2, 0) is 9.53 Å². The van der Waals surface area contributed by atoms with E-state index < -0.39 is 0 Å². The largest absolute Gasteiger partial charge is 0.369 e. The second kappa shape index (κ2) is 6.35. The molecule has 0 saturated carbocycles. The average Bonchev–Trinajstić information content (AvgIpc) is 2.27. The summed E-state index contributed by atoms with van der Waals surface area (Å²) in [6, 6.07) is 5.91. The number of nitrogens with one attached hydrogen (secondary N) is 1. The summed E-state index contributed by atoms with van der Waals surface area (Å²) < 4.78 is 17.9. The number of rotatable bonds is 5. The van der Waals surface area contributed by atoms with Crippen molar-refractivity contribution in [1.29, 1.82) is 0 Å².